The maximum absolute atomic E-state index is 6.35. The van der Waals surface area contributed by atoms with E-state index >= 15 is 0 Å². The van der Waals surface area contributed by atoms with Crippen LogP contribution in [-0.2, 0) is 14.2 Å². The fourth-order valence-electron chi connectivity index (χ4n) is 7.97. The summed E-state index contributed by atoms with van der Waals surface area (Å²) in [4.78, 5) is 0. The minimum absolute atomic E-state index is 0.0800. The van der Waals surface area contributed by atoms with E-state index in [0.717, 1.165) is 26.2 Å². The summed E-state index contributed by atoms with van der Waals surface area (Å²) in [6, 6.07) is 0. The Morgan fingerprint density at radius 2 is 0.500 bits per heavy atom. The Kier molecular flexibility index (Phi) is 52.3. The van der Waals surface area contributed by atoms with Gasteiger partial charge in [0.25, 0.3) is 0 Å². The fourth-order valence-corrected chi connectivity index (χ4v) is 7.97. The van der Waals surface area contributed by atoms with Gasteiger partial charge in [0.2, 0.25) is 0 Å². The third-order valence-electron chi connectivity index (χ3n) is 11.9. The molecule has 336 valence electrons. The zero-order valence-corrected chi connectivity index (χ0v) is 39.2. The van der Waals surface area contributed by atoms with Crippen molar-refractivity contribution in [2.24, 2.45) is 0 Å². The van der Waals surface area contributed by atoms with Crippen LogP contribution in [0.15, 0.2) is 12.2 Å². The Labute approximate surface area is 354 Å². The molecule has 3 heteroatoms. The molecule has 0 saturated heterocycles. The molecule has 0 N–H and O–H groups in total. The van der Waals surface area contributed by atoms with E-state index < -0.39 is 0 Å². The maximum Gasteiger partial charge on any atom is 0.104 e. The number of hydrogen-bond donors (Lipinski definition) is 0. The summed E-state index contributed by atoms with van der Waals surface area (Å²) < 4.78 is 18.7. The molecule has 0 aliphatic heterocycles. The van der Waals surface area contributed by atoms with Gasteiger partial charge in [-0.15, -0.1) is 0 Å². The van der Waals surface area contributed by atoms with Crippen molar-refractivity contribution >= 4 is 0 Å². The molecule has 0 radical (unpaired) electrons. The molecule has 0 rings (SSSR count). The smallest absolute Gasteiger partial charge is 0.104 e. The molecule has 3 nitrogen and oxygen atoms in total. The standard InChI is InChI=1S/C53H106O3/c1-4-7-10-13-16-19-22-25-28-29-32-35-38-41-44-47-50-56-53(51-54-48-45-42-39-36-33-30-26-23-20-17-14-11-8-5-2)52-55-49-46-43-40-37-34-31-27-24-21-18-15-12-9-6-3/h25,28,53H,4-24,26-27,29-52H2,1-3H3/b28-25-. The highest BCUT2D eigenvalue weighted by Gasteiger charge is 2.10. The molecule has 0 spiro atoms. The molecule has 0 bridgehead atoms. The molecule has 0 aromatic carbocycles. The average Bonchev–Trinajstić information content (AvgIpc) is 3.21. The van der Waals surface area contributed by atoms with Crippen LogP contribution in [0.1, 0.15) is 290 Å². The minimum Gasteiger partial charge on any atom is -0.379 e. The summed E-state index contributed by atoms with van der Waals surface area (Å²) in [6.07, 6.45) is 62.8. The second-order valence-electron chi connectivity index (χ2n) is 17.8. The van der Waals surface area contributed by atoms with Gasteiger partial charge < -0.3 is 14.2 Å². The van der Waals surface area contributed by atoms with Crippen LogP contribution < -0.4 is 0 Å². The first-order chi connectivity index (χ1) is 27.8. The third kappa shape index (κ3) is 49.8. The van der Waals surface area contributed by atoms with Crippen LogP contribution in [-0.4, -0.2) is 39.1 Å². The number of ether oxygens (including phenoxy) is 3. The van der Waals surface area contributed by atoms with Crippen LogP contribution in [0.3, 0.4) is 0 Å². The molecule has 0 atom stereocenters. The summed E-state index contributed by atoms with van der Waals surface area (Å²) in [5.74, 6) is 0. The van der Waals surface area contributed by atoms with Crippen molar-refractivity contribution in [3.63, 3.8) is 0 Å². The molecule has 0 aliphatic carbocycles. The van der Waals surface area contributed by atoms with E-state index in [9.17, 15) is 0 Å². The largest absolute Gasteiger partial charge is 0.379 e. The van der Waals surface area contributed by atoms with Gasteiger partial charge in [0, 0.05) is 19.8 Å². The van der Waals surface area contributed by atoms with Crippen LogP contribution in [0.25, 0.3) is 0 Å². The van der Waals surface area contributed by atoms with Crippen molar-refractivity contribution in [1.82, 2.24) is 0 Å². The van der Waals surface area contributed by atoms with Crippen molar-refractivity contribution in [1.29, 1.82) is 0 Å². The molecular formula is C53H106O3. The van der Waals surface area contributed by atoms with Gasteiger partial charge in [0.05, 0.1) is 13.2 Å². The Morgan fingerprint density at radius 1 is 0.268 bits per heavy atom. The first kappa shape index (κ1) is 55.6. The molecule has 0 saturated carbocycles. The van der Waals surface area contributed by atoms with Gasteiger partial charge in [0.1, 0.15) is 6.10 Å². The lowest BCUT2D eigenvalue weighted by atomic mass is 10.0. The van der Waals surface area contributed by atoms with Crippen molar-refractivity contribution in [3.05, 3.63) is 12.2 Å². The second kappa shape index (κ2) is 52.6. The predicted octanol–water partition coefficient (Wildman–Crippen LogP) is 18.4. The molecule has 56 heavy (non-hydrogen) atoms. The lowest BCUT2D eigenvalue weighted by Gasteiger charge is -2.18. The summed E-state index contributed by atoms with van der Waals surface area (Å²) in [5.41, 5.74) is 0. The SMILES string of the molecule is CCCCCCCC/C=C\CCCCCCCCOC(COCCCCCCCCCCCCCCCC)COCCCCCCCCCCCCCCCC. The summed E-state index contributed by atoms with van der Waals surface area (Å²) >= 11 is 0. The summed E-state index contributed by atoms with van der Waals surface area (Å²) in [6.45, 7) is 10.8. The molecule has 0 amide bonds. The fraction of sp³-hybridized carbons (Fsp3) is 0.962. The first-order valence-electron chi connectivity index (χ1n) is 26.3. The zero-order chi connectivity index (χ0) is 40.3. The quantitative estimate of drug-likeness (QED) is 0.0454. The van der Waals surface area contributed by atoms with Crippen LogP contribution in [0, 0.1) is 0 Å². The van der Waals surface area contributed by atoms with E-state index in [4.69, 9.17) is 14.2 Å². The van der Waals surface area contributed by atoms with Gasteiger partial charge in [0.15, 0.2) is 0 Å². The van der Waals surface area contributed by atoms with Gasteiger partial charge in [-0.2, -0.15) is 0 Å². The molecule has 0 unspecified atom stereocenters. The monoisotopic (exact) mass is 791 g/mol. The van der Waals surface area contributed by atoms with Crippen LogP contribution >= 0.6 is 0 Å². The number of allylic oxidation sites excluding steroid dienone is 2. The van der Waals surface area contributed by atoms with Gasteiger partial charge in [-0.05, 0) is 44.9 Å². The maximum atomic E-state index is 6.35. The molecule has 0 fully saturated rings. The number of hydrogen-bond acceptors (Lipinski definition) is 3. The van der Waals surface area contributed by atoms with E-state index in [1.165, 1.54) is 263 Å². The van der Waals surface area contributed by atoms with Crippen LogP contribution in [0.2, 0.25) is 0 Å². The van der Waals surface area contributed by atoms with Gasteiger partial charge in [-0.25, -0.2) is 0 Å². The molecule has 0 heterocycles. The van der Waals surface area contributed by atoms with E-state index in [2.05, 4.69) is 32.9 Å². The molecular weight excluding hydrogens is 685 g/mol. The molecule has 0 aliphatic rings. The second-order valence-corrected chi connectivity index (χ2v) is 17.8. The summed E-state index contributed by atoms with van der Waals surface area (Å²) in [5, 5.41) is 0. The Hall–Kier alpha value is -0.380. The highest BCUT2D eigenvalue weighted by Crippen LogP contribution is 2.15. The van der Waals surface area contributed by atoms with Gasteiger partial charge in [-0.3, -0.25) is 0 Å². The Bertz CT molecular complexity index is 656. The van der Waals surface area contributed by atoms with E-state index in [1.807, 2.05) is 0 Å². The average molecular weight is 791 g/mol. The Balaban J connectivity index is 3.98. The number of rotatable bonds is 51. The Morgan fingerprint density at radius 3 is 0.786 bits per heavy atom. The highest BCUT2D eigenvalue weighted by atomic mass is 16.6. The summed E-state index contributed by atoms with van der Waals surface area (Å²) in [7, 11) is 0. The van der Waals surface area contributed by atoms with Crippen molar-refractivity contribution in [3.8, 4) is 0 Å². The zero-order valence-electron chi connectivity index (χ0n) is 39.2. The van der Waals surface area contributed by atoms with Crippen molar-refractivity contribution in [2.75, 3.05) is 33.0 Å². The topological polar surface area (TPSA) is 27.7 Å². The van der Waals surface area contributed by atoms with Gasteiger partial charge in [-0.1, -0.05) is 258 Å². The predicted molar refractivity (Wildman–Crippen MR) is 251 cm³/mol. The van der Waals surface area contributed by atoms with Crippen LogP contribution in [0.4, 0.5) is 0 Å². The van der Waals surface area contributed by atoms with Crippen LogP contribution in [0.5, 0.6) is 0 Å². The van der Waals surface area contributed by atoms with Gasteiger partial charge >= 0.3 is 0 Å². The molecule has 0 aromatic heterocycles. The van der Waals surface area contributed by atoms with E-state index in [0.29, 0.717) is 13.2 Å². The third-order valence-corrected chi connectivity index (χ3v) is 11.9. The normalized spacial score (nSPS) is 11.9. The van der Waals surface area contributed by atoms with Crippen molar-refractivity contribution in [2.45, 2.75) is 297 Å². The van der Waals surface area contributed by atoms with E-state index in [1.54, 1.807) is 0 Å². The minimum atomic E-state index is 0.0800. The van der Waals surface area contributed by atoms with E-state index in [-0.39, 0.29) is 6.10 Å². The first-order valence-corrected chi connectivity index (χ1v) is 26.3. The lowest BCUT2D eigenvalue weighted by Crippen LogP contribution is -2.26. The number of unbranched alkanes of at least 4 members (excludes halogenated alkanes) is 38. The van der Waals surface area contributed by atoms with Crippen molar-refractivity contribution < 1.29 is 14.2 Å². The highest BCUT2D eigenvalue weighted by molar-refractivity contribution is 4.81. The molecule has 0 aromatic rings. The lowest BCUT2D eigenvalue weighted by molar-refractivity contribution is -0.0616.